The van der Waals surface area contributed by atoms with E-state index < -0.39 is 28.0 Å². The molecule has 0 fully saturated rings. The van der Waals surface area contributed by atoms with Gasteiger partial charge in [-0.15, -0.1) is 0 Å². The minimum atomic E-state index is -0.765. The minimum Gasteiger partial charge on any atom is -0.398 e. The molecule has 0 saturated heterocycles. The maximum atomic E-state index is 12.8. The van der Waals surface area contributed by atoms with E-state index in [-0.39, 0.29) is 38.5 Å². The third-order valence-electron chi connectivity index (χ3n) is 3.86. The van der Waals surface area contributed by atoms with Crippen LogP contribution in [-0.2, 0) is 0 Å². The number of nitrogens with zero attached hydrogens (tertiary/aromatic N) is 1. The topological polar surface area (TPSA) is 120 Å². The molecule has 0 atom stereocenters. The van der Waals surface area contributed by atoms with Gasteiger partial charge in [-0.1, -0.05) is 17.7 Å². The van der Waals surface area contributed by atoms with Crippen LogP contribution in [0.1, 0.15) is 49.1 Å². The molecule has 7 nitrogen and oxygen atoms in total. The number of nitrogens with two attached hydrogens (primary N) is 1. The Kier molecular flexibility index (Phi) is 3.46. The van der Waals surface area contributed by atoms with Crippen molar-refractivity contribution in [3.63, 3.8) is 0 Å². The first-order valence-corrected chi connectivity index (χ1v) is 7.13. The van der Waals surface area contributed by atoms with Crippen LogP contribution >= 0.6 is 11.6 Å². The SMILES string of the molecule is CC(=O)c1cc(Cl)c2c(c1N)C(=O)c1cccc([N+](=O)[O-])c1C2=O. The molecule has 24 heavy (non-hydrogen) atoms. The number of hydrogen-bond donors (Lipinski definition) is 1. The number of carbonyl (C=O) groups excluding carboxylic acids is 3. The summed E-state index contributed by atoms with van der Waals surface area (Å²) in [6.07, 6.45) is 0. The van der Waals surface area contributed by atoms with Crippen molar-refractivity contribution in [3.05, 3.63) is 67.2 Å². The molecule has 0 unspecified atom stereocenters. The van der Waals surface area contributed by atoms with E-state index in [4.69, 9.17) is 17.3 Å². The largest absolute Gasteiger partial charge is 0.398 e. The van der Waals surface area contributed by atoms with E-state index in [1.807, 2.05) is 0 Å². The highest BCUT2D eigenvalue weighted by Gasteiger charge is 2.39. The van der Waals surface area contributed by atoms with E-state index in [9.17, 15) is 24.5 Å². The Morgan fingerprint density at radius 2 is 1.83 bits per heavy atom. The fourth-order valence-corrected chi connectivity index (χ4v) is 3.08. The number of hydrogen-bond acceptors (Lipinski definition) is 6. The molecule has 0 aromatic heterocycles. The molecule has 3 rings (SSSR count). The van der Waals surface area contributed by atoms with Crippen LogP contribution in [0.25, 0.3) is 0 Å². The Labute approximate surface area is 140 Å². The van der Waals surface area contributed by atoms with Gasteiger partial charge in [0.05, 0.1) is 26.8 Å². The van der Waals surface area contributed by atoms with Gasteiger partial charge in [-0.2, -0.15) is 0 Å². The molecular weight excluding hydrogens is 336 g/mol. The van der Waals surface area contributed by atoms with Gasteiger partial charge in [0.15, 0.2) is 11.6 Å². The van der Waals surface area contributed by atoms with Gasteiger partial charge in [-0.05, 0) is 19.1 Å². The van der Waals surface area contributed by atoms with E-state index in [1.165, 1.54) is 25.1 Å². The zero-order valence-electron chi connectivity index (χ0n) is 12.3. The summed E-state index contributed by atoms with van der Waals surface area (Å²) in [5.74, 6) is -1.85. The molecule has 0 heterocycles. The van der Waals surface area contributed by atoms with Crippen molar-refractivity contribution in [1.29, 1.82) is 0 Å². The van der Waals surface area contributed by atoms with Gasteiger partial charge in [-0.3, -0.25) is 24.5 Å². The number of halogens is 1. The predicted molar refractivity (Wildman–Crippen MR) is 85.8 cm³/mol. The molecular formula is C16H9ClN2O5. The smallest absolute Gasteiger partial charge is 0.281 e. The first-order chi connectivity index (χ1) is 11.3. The van der Waals surface area contributed by atoms with E-state index in [0.29, 0.717) is 0 Å². The third-order valence-corrected chi connectivity index (χ3v) is 4.16. The second-order valence-corrected chi connectivity index (χ2v) is 5.65. The molecule has 8 heteroatoms. The van der Waals surface area contributed by atoms with Crippen LogP contribution in [0.15, 0.2) is 24.3 Å². The van der Waals surface area contributed by atoms with E-state index in [1.54, 1.807) is 0 Å². The predicted octanol–water partition coefficient (Wildman–Crippen LogP) is 2.81. The molecule has 0 amide bonds. The van der Waals surface area contributed by atoms with Crippen molar-refractivity contribution in [2.75, 3.05) is 5.73 Å². The number of Topliss-reactive ketones (excluding diaryl/α,β-unsaturated/α-hetero) is 1. The summed E-state index contributed by atoms with van der Waals surface area (Å²) in [6, 6.07) is 4.94. The average Bonchev–Trinajstić information content (AvgIpc) is 2.53. The van der Waals surface area contributed by atoms with Crippen molar-refractivity contribution in [2.24, 2.45) is 0 Å². The van der Waals surface area contributed by atoms with Gasteiger partial charge >= 0.3 is 0 Å². The Bertz CT molecular complexity index is 981. The Balaban J connectivity index is 2.42. The summed E-state index contributed by atoms with van der Waals surface area (Å²) in [5, 5.41) is 11.0. The second kappa shape index (κ2) is 5.24. The van der Waals surface area contributed by atoms with Crippen LogP contribution in [-0.4, -0.2) is 22.3 Å². The number of carbonyl (C=O) groups is 3. The maximum Gasteiger partial charge on any atom is 0.281 e. The number of nitro benzene ring substituents is 1. The standard InChI is InChI=1S/C16H9ClN2O5/c1-6(20)8-5-9(17)12-13(14(8)18)15(21)7-3-2-4-10(19(23)24)11(7)16(12)22/h2-5H,18H2,1H3. The first kappa shape index (κ1) is 15.8. The highest BCUT2D eigenvalue weighted by atomic mass is 35.5. The van der Waals surface area contributed by atoms with Crippen molar-refractivity contribution in [2.45, 2.75) is 6.92 Å². The van der Waals surface area contributed by atoms with Gasteiger partial charge in [0.2, 0.25) is 5.78 Å². The van der Waals surface area contributed by atoms with Crippen molar-refractivity contribution in [1.82, 2.24) is 0 Å². The summed E-state index contributed by atoms with van der Waals surface area (Å²) in [6.45, 7) is 1.25. The maximum absolute atomic E-state index is 12.8. The third kappa shape index (κ3) is 2.02. The van der Waals surface area contributed by atoms with E-state index >= 15 is 0 Å². The first-order valence-electron chi connectivity index (χ1n) is 6.75. The number of anilines is 1. The zero-order chi connectivity index (χ0) is 17.8. The number of nitrogen functional groups attached to an aromatic ring is 1. The number of rotatable bonds is 2. The number of nitro groups is 1. The number of fused-ring (bicyclic) bond motifs is 2. The van der Waals surface area contributed by atoms with Crippen LogP contribution in [0.5, 0.6) is 0 Å². The lowest BCUT2D eigenvalue weighted by Crippen LogP contribution is -2.25. The lowest BCUT2D eigenvalue weighted by Gasteiger charge is -2.21. The van der Waals surface area contributed by atoms with Crippen molar-refractivity contribution < 1.29 is 19.3 Å². The lowest BCUT2D eigenvalue weighted by atomic mass is 9.81. The number of ketones is 3. The van der Waals surface area contributed by atoms with Gasteiger partial charge in [-0.25, -0.2) is 0 Å². The lowest BCUT2D eigenvalue weighted by molar-refractivity contribution is -0.385. The highest BCUT2D eigenvalue weighted by Crippen LogP contribution is 2.39. The molecule has 2 aromatic carbocycles. The Hall–Kier alpha value is -3.06. The molecule has 120 valence electrons. The van der Waals surface area contributed by atoms with Gasteiger partial charge in [0, 0.05) is 17.2 Å². The zero-order valence-corrected chi connectivity index (χ0v) is 13.0. The summed E-state index contributed by atoms with van der Waals surface area (Å²) >= 11 is 6.07. The molecule has 2 N–H and O–H groups in total. The molecule has 0 radical (unpaired) electrons. The van der Waals surface area contributed by atoms with Gasteiger partial charge in [0.25, 0.3) is 5.69 Å². The van der Waals surface area contributed by atoms with Crippen LogP contribution in [0.3, 0.4) is 0 Å². The monoisotopic (exact) mass is 344 g/mol. The molecule has 2 aromatic rings. The molecule has 1 aliphatic carbocycles. The van der Waals surface area contributed by atoms with Gasteiger partial charge < -0.3 is 5.73 Å². The van der Waals surface area contributed by atoms with Crippen molar-refractivity contribution in [3.8, 4) is 0 Å². The van der Waals surface area contributed by atoms with E-state index in [0.717, 1.165) is 6.07 Å². The molecule has 0 spiro atoms. The fourth-order valence-electron chi connectivity index (χ4n) is 2.79. The summed E-state index contributed by atoms with van der Waals surface area (Å²) in [5.41, 5.74) is 4.42. The summed E-state index contributed by atoms with van der Waals surface area (Å²) in [7, 11) is 0. The molecule has 0 bridgehead atoms. The van der Waals surface area contributed by atoms with E-state index in [2.05, 4.69) is 0 Å². The molecule has 0 aliphatic heterocycles. The van der Waals surface area contributed by atoms with Crippen LogP contribution < -0.4 is 5.73 Å². The van der Waals surface area contributed by atoms with Crippen LogP contribution in [0, 0.1) is 10.1 Å². The van der Waals surface area contributed by atoms with Crippen LogP contribution in [0.4, 0.5) is 11.4 Å². The fraction of sp³-hybridized carbons (Fsp3) is 0.0625. The second-order valence-electron chi connectivity index (χ2n) is 5.24. The quantitative estimate of drug-likeness (QED) is 0.330. The molecule has 0 saturated carbocycles. The molecule has 1 aliphatic rings. The Morgan fingerprint density at radius 3 is 2.42 bits per heavy atom. The van der Waals surface area contributed by atoms with Gasteiger partial charge in [0.1, 0.15) is 5.56 Å². The van der Waals surface area contributed by atoms with Crippen LogP contribution in [0.2, 0.25) is 5.02 Å². The summed E-state index contributed by atoms with van der Waals surface area (Å²) < 4.78 is 0. The minimum absolute atomic E-state index is 0.0220. The number of benzene rings is 2. The van der Waals surface area contributed by atoms with Crippen molar-refractivity contribution >= 4 is 40.3 Å². The normalized spacial score (nSPS) is 12.6. The average molecular weight is 345 g/mol. The summed E-state index contributed by atoms with van der Waals surface area (Å²) in [4.78, 5) is 47.6. The highest BCUT2D eigenvalue weighted by molar-refractivity contribution is 6.41. The Morgan fingerprint density at radius 1 is 1.17 bits per heavy atom.